The van der Waals surface area contributed by atoms with Gasteiger partial charge in [-0.25, -0.2) is 0 Å². The molecule has 1 aromatic carbocycles. The summed E-state index contributed by atoms with van der Waals surface area (Å²) >= 11 is 0. The SMILES string of the molecule is Cc1ccccc1-c1ccc2c(n1)CCN(C[C@@]1(C)Cn3cc([N+](=O)[O-])nc3O1)C2. The number of imidazole rings is 1. The molecule has 0 saturated carbocycles. The van der Waals surface area contributed by atoms with Gasteiger partial charge in [-0.05, 0) is 36.0 Å². The lowest BCUT2D eigenvalue weighted by Crippen LogP contribution is -2.46. The summed E-state index contributed by atoms with van der Waals surface area (Å²) in [5.74, 6) is -0.172. The van der Waals surface area contributed by atoms with E-state index in [1.807, 2.05) is 19.1 Å². The molecule has 0 radical (unpaired) electrons. The highest BCUT2D eigenvalue weighted by Gasteiger charge is 2.41. The Morgan fingerprint density at radius 3 is 2.83 bits per heavy atom. The Morgan fingerprint density at radius 2 is 2.07 bits per heavy atom. The Hall–Kier alpha value is -3.26. The molecule has 154 valence electrons. The summed E-state index contributed by atoms with van der Waals surface area (Å²) in [6, 6.07) is 12.9. The molecule has 0 bridgehead atoms. The van der Waals surface area contributed by atoms with E-state index < -0.39 is 10.5 Å². The van der Waals surface area contributed by atoms with Crippen LogP contribution in [0.1, 0.15) is 23.7 Å². The van der Waals surface area contributed by atoms with Gasteiger partial charge in [0.15, 0.2) is 0 Å². The van der Waals surface area contributed by atoms with Gasteiger partial charge in [-0.3, -0.25) is 14.5 Å². The quantitative estimate of drug-likeness (QED) is 0.489. The molecule has 4 heterocycles. The zero-order valence-corrected chi connectivity index (χ0v) is 17.0. The third-order valence-electron chi connectivity index (χ3n) is 5.86. The fraction of sp³-hybridized carbons (Fsp3) is 0.364. The van der Waals surface area contributed by atoms with Gasteiger partial charge in [0, 0.05) is 42.3 Å². The van der Waals surface area contributed by atoms with Crippen molar-refractivity contribution in [2.24, 2.45) is 0 Å². The molecule has 2 aromatic heterocycles. The molecule has 0 amide bonds. The maximum atomic E-state index is 10.9. The van der Waals surface area contributed by atoms with Gasteiger partial charge in [0.2, 0.25) is 0 Å². The van der Waals surface area contributed by atoms with Gasteiger partial charge >= 0.3 is 11.8 Å². The molecule has 0 aliphatic carbocycles. The van der Waals surface area contributed by atoms with Gasteiger partial charge in [0.05, 0.1) is 12.2 Å². The van der Waals surface area contributed by atoms with E-state index in [1.165, 1.54) is 22.9 Å². The summed E-state index contributed by atoms with van der Waals surface area (Å²) in [5.41, 5.74) is 5.38. The fourth-order valence-electron chi connectivity index (χ4n) is 4.46. The number of aromatic nitrogens is 3. The van der Waals surface area contributed by atoms with Crippen LogP contribution in [0, 0.1) is 17.0 Å². The predicted octanol–water partition coefficient (Wildman–Crippen LogP) is 3.37. The van der Waals surface area contributed by atoms with Crippen molar-refractivity contribution >= 4 is 5.82 Å². The Balaban J connectivity index is 1.29. The lowest BCUT2D eigenvalue weighted by atomic mass is 9.99. The first-order valence-corrected chi connectivity index (χ1v) is 10.1. The molecule has 2 aliphatic rings. The van der Waals surface area contributed by atoms with Crippen molar-refractivity contribution in [1.82, 2.24) is 19.4 Å². The number of hydrogen-bond donors (Lipinski definition) is 0. The molecule has 0 fully saturated rings. The molecule has 5 rings (SSSR count). The molecule has 8 nitrogen and oxygen atoms in total. The zero-order chi connectivity index (χ0) is 20.9. The van der Waals surface area contributed by atoms with E-state index >= 15 is 0 Å². The van der Waals surface area contributed by atoms with Crippen LogP contribution in [0.15, 0.2) is 42.6 Å². The molecule has 1 atom stereocenters. The Morgan fingerprint density at radius 1 is 1.23 bits per heavy atom. The lowest BCUT2D eigenvalue weighted by Gasteiger charge is -2.34. The third-order valence-corrected chi connectivity index (χ3v) is 5.86. The van der Waals surface area contributed by atoms with E-state index in [1.54, 1.807) is 4.57 Å². The van der Waals surface area contributed by atoms with Crippen molar-refractivity contribution in [3.8, 4) is 17.3 Å². The second-order valence-electron chi connectivity index (χ2n) is 8.40. The third kappa shape index (κ3) is 3.33. The summed E-state index contributed by atoms with van der Waals surface area (Å²) in [6.07, 6.45) is 2.34. The molecule has 0 unspecified atom stereocenters. The number of ether oxygens (including phenoxy) is 1. The first kappa shape index (κ1) is 18.7. The van der Waals surface area contributed by atoms with Crippen LogP contribution in [0.3, 0.4) is 0 Å². The number of hydrogen-bond acceptors (Lipinski definition) is 6. The van der Waals surface area contributed by atoms with Gasteiger partial charge in [0.1, 0.15) is 11.8 Å². The molecule has 30 heavy (non-hydrogen) atoms. The Labute approximate surface area is 174 Å². The van der Waals surface area contributed by atoms with Gasteiger partial charge in [-0.15, -0.1) is 0 Å². The molecular weight excluding hydrogens is 382 g/mol. The minimum Gasteiger partial charge on any atom is -0.436 e. The van der Waals surface area contributed by atoms with Gasteiger partial charge in [-0.2, -0.15) is 0 Å². The maximum Gasteiger partial charge on any atom is 0.415 e. The molecule has 2 aliphatic heterocycles. The van der Waals surface area contributed by atoms with Crippen molar-refractivity contribution in [3.63, 3.8) is 0 Å². The average molecular weight is 405 g/mol. The number of nitrogens with zero attached hydrogens (tertiary/aromatic N) is 5. The van der Waals surface area contributed by atoms with Crippen molar-refractivity contribution in [1.29, 1.82) is 0 Å². The van der Waals surface area contributed by atoms with Gasteiger partial charge in [-0.1, -0.05) is 30.3 Å². The van der Waals surface area contributed by atoms with Crippen molar-refractivity contribution in [2.75, 3.05) is 13.1 Å². The van der Waals surface area contributed by atoms with Crippen LogP contribution >= 0.6 is 0 Å². The van der Waals surface area contributed by atoms with Crippen LogP contribution in [-0.2, 0) is 19.5 Å². The summed E-state index contributed by atoms with van der Waals surface area (Å²) in [6.45, 7) is 7.14. The normalized spacial score (nSPS) is 20.5. The first-order valence-electron chi connectivity index (χ1n) is 10.1. The molecule has 0 saturated heterocycles. The largest absolute Gasteiger partial charge is 0.436 e. The van der Waals surface area contributed by atoms with Gasteiger partial charge in [0.25, 0.3) is 0 Å². The van der Waals surface area contributed by atoms with E-state index in [0.29, 0.717) is 12.6 Å². The highest BCUT2D eigenvalue weighted by molar-refractivity contribution is 5.63. The van der Waals surface area contributed by atoms with E-state index in [-0.39, 0.29) is 5.82 Å². The van der Waals surface area contributed by atoms with Gasteiger partial charge < -0.3 is 14.9 Å². The maximum absolute atomic E-state index is 10.9. The second kappa shape index (κ2) is 6.91. The fourth-order valence-corrected chi connectivity index (χ4v) is 4.46. The number of aryl methyl sites for hydroxylation is 1. The Kier molecular flexibility index (Phi) is 4.32. The van der Waals surface area contributed by atoms with Crippen molar-refractivity contribution < 1.29 is 9.66 Å². The highest BCUT2D eigenvalue weighted by atomic mass is 16.6. The molecule has 3 aromatic rings. The summed E-state index contributed by atoms with van der Waals surface area (Å²) in [5, 5.41) is 10.9. The minimum absolute atomic E-state index is 0.172. The highest BCUT2D eigenvalue weighted by Crippen LogP contribution is 2.33. The van der Waals surface area contributed by atoms with Crippen molar-refractivity contribution in [3.05, 3.63) is 69.5 Å². The van der Waals surface area contributed by atoms with E-state index in [0.717, 1.165) is 37.4 Å². The second-order valence-corrected chi connectivity index (χ2v) is 8.40. The van der Waals surface area contributed by atoms with Crippen LogP contribution in [0.5, 0.6) is 6.01 Å². The first-order chi connectivity index (χ1) is 14.4. The Bertz CT molecular complexity index is 1120. The summed E-state index contributed by atoms with van der Waals surface area (Å²) in [4.78, 5) is 21.7. The average Bonchev–Trinajstić information content (AvgIpc) is 3.23. The molecule has 8 heteroatoms. The van der Waals surface area contributed by atoms with Crippen LogP contribution in [0.25, 0.3) is 11.3 Å². The lowest BCUT2D eigenvalue weighted by molar-refractivity contribution is -0.389. The minimum atomic E-state index is -0.494. The predicted molar refractivity (Wildman–Crippen MR) is 111 cm³/mol. The van der Waals surface area contributed by atoms with Crippen LogP contribution in [-0.4, -0.2) is 43.0 Å². The van der Waals surface area contributed by atoms with Crippen LogP contribution < -0.4 is 4.74 Å². The zero-order valence-electron chi connectivity index (χ0n) is 17.0. The summed E-state index contributed by atoms with van der Waals surface area (Å²) in [7, 11) is 0. The van der Waals surface area contributed by atoms with Crippen LogP contribution in [0.4, 0.5) is 5.82 Å². The summed E-state index contributed by atoms with van der Waals surface area (Å²) < 4.78 is 7.72. The monoisotopic (exact) mass is 405 g/mol. The molecular formula is C22H23N5O3. The van der Waals surface area contributed by atoms with Crippen LogP contribution in [0.2, 0.25) is 0 Å². The number of benzene rings is 1. The van der Waals surface area contributed by atoms with E-state index in [4.69, 9.17) is 9.72 Å². The topological polar surface area (TPSA) is 86.3 Å². The smallest absolute Gasteiger partial charge is 0.415 e. The standard InChI is InChI=1S/C22H23N5O3/c1-15-5-3-4-6-17(15)19-8-7-16-11-25(10-9-18(16)23-19)13-22(2)14-26-12-20(27(28)29)24-21(26)30-22/h3-8,12H,9-11,13-14H2,1-2H3/t22-/m0/s1. The number of fused-ring (bicyclic) bond motifs is 2. The number of nitro groups is 1. The molecule has 0 spiro atoms. The van der Waals surface area contributed by atoms with Crippen molar-refractivity contribution in [2.45, 2.75) is 39.0 Å². The van der Waals surface area contributed by atoms with E-state index in [2.05, 4.69) is 41.1 Å². The molecule has 0 N–H and O–H groups in total. The van der Waals surface area contributed by atoms with E-state index in [9.17, 15) is 10.1 Å². The number of pyridine rings is 1. The number of rotatable bonds is 4.